The van der Waals surface area contributed by atoms with E-state index < -0.39 is 17.8 Å². The summed E-state index contributed by atoms with van der Waals surface area (Å²) < 4.78 is 0. The molecular weight excluding hydrogens is 192 g/mol. The van der Waals surface area contributed by atoms with E-state index in [1.54, 1.807) is 0 Å². The van der Waals surface area contributed by atoms with Crippen LogP contribution < -0.4 is 17.2 Å². The Morgan fingerprint density at radius 2 is 2.00 bits per heavy atom. The van der Waals surface area contributed by atoms with E-state index in [-0.39, 0.29) is 18.9 Å². The molecule has 0 bridgehead atoms. The van der Waals surface area contributed by atoms with Gasteiger partial charge in [-0.15, -0.1) is 0 Å². The van der Waals surface area contributed by atoms with Crippen LogP contribution in [0.1, 0.15) is 6.42 Å². The number of rotatable bonds is 5. The van der Waals surface area contributed by atoms with Crippen LogP contribution in [0, 0.1) is 0 Å². The Labute approximate surface area is 80.0 Å². The molecule has 0 saturated carbocycles. The maximum Gasteiger partial charge on any atom is 0.353 e. The number of aliphatic hydroxyl groups excluding tert-OH is 1. The summed E-state index contributed by atoms with van der Waals surface area (Å²) in [5, 5.41) is 26.6. The normalized spacial score (nSPS) is 16.8. The SMILES string of the molecule is NC(N)=NCCC(O)[C@@](N)(O)C(=O)O. The third-order valence-electron chi connectivity index (χ3n) is 1.55. The van der Waals surface area contributed by atoms with Crippen LogP contribution >= 0.6 is 0 Å². The second-order valence-corrected chi connectivity index (χ2v) is 2.74. The number of carbonyl (C=O) groups is 1. The molecule has 0 heterocycles. The minimum absolute atomic E-state index is 0.0176. The lowest BCUT2D eigenvalue weighted by atomic mass is 10.1. The first-order valence-electron chi connectivity index (χ1n) is 3.76. The first kappa shape index (κ1) is 12.6. The molecule has 0 aromatic carbocycles. The van der Waals surface area contributed by atoms with E-state index in [2.05, 4.69) is 4.99 Å². The van der Waals surface area contributed by atoms with Gasteiger partial charge < -0.3 is 26.8 Å². The summed E-state index contributed by atoms with van der Waals surface area (Å²) in [6.45, 7) is -0.0176. The smallest absolute Gasteiger partial charge is 0.353 e. The molecule has 8 nitrogen and oxygen atoms in total. The average Bonchev–Trinajstić information content (AvgIpc) is 2.02. The Morgan fingerprint density at radius 3 is 2.36 bits per heavy atom. The summed E-state index contributed by atoms with van der Waals surface area (Å²) in [7, 11) is 0. The quantitative estimate of drug-likeness (QED) is 0.156. The maximum atomic E-state index is 10.3. The highest BCUT2D eigenvalue weighted by Crippen LogP contribution is 2.07. The van der Waals surface area contributed by atoms with Crippen LogP contribution in [0.4, 0.5) is 0 Å². The molecule has 0 saturated heterocycles. The molecular formula is C6H14N4O4. The summed E-state index contributed by atoms with van der Waals surface area (Å²) in [4.78, 5) is 13.8. The Kier molecular flexibility index (Phi) is 4.28. The minimum atomic E-state index is -2.68. The van der Waals surface area contributed by atoms with Crippen molar-refractivity contribution in [2.24, 2.45) is 22.2 Å². The second-order valence-electron chi connectivity index (χ2n) is 2.74. The van der Waals surface area contributed by atoms with E-state index in [9.17, 15) is 4.79 Å². The van der Waals surface area contributed by atoms with Crippen molar-refractivity contribution < 1.29 is 20.1 Å². The molecule has 0 spiro atoms. The van der Waals surface area contributed by atoms with E-state index in [0.29, 0.717) is 0 Å². The molecule has 0 amide bonds. The number of nitrogens with two attached hydrogens (primary N) is 3. The van der Waals surface area contributed by atoms with E-state index >= 15 is 0 Å². The standard InChI is InChI=1S/C6H14N4O4/c7-5(8)10-2-1-3(11)6(9,14)4(12)13/h3,11,14H,1-2,9H2,(H,12,13)(H4,7,8,10)/t3?,6-/m1/s1. The topological polar surface area (TPSA) is 168 Å². The van der Waals surface area contributed by atoms with Crippen LogP contribution in [0.3, 0.4) is 0 Å². The maximum absolute atomic E-state index is 10.3. The predicted octanol–water partition coefficient (Wildman–Crippen LogP) is -3.26. The number of hydrogen-bond acceptors (Lipinski definition) is 5. The van der Waals surface area contributed by atoms with Crippen LogP contribution in [0.15, 0.2) is 4.99 Å². The van der Waals surface area contributed by atoms with Crippen LogP contribution in [-0.2, 0) is 4.79 Å². The van der Waals surface area contributed by atoms with Gasteiger partial charge in [-0.3, -0.25) is 10.7 Å². The summed E-state index contributed by atoms with van der Waals surface area (Å²) in [6, 6.07) is 0. The van der Waals surface area contributed by atoms with Crippen molar-refractivity contribution in [3.8, 4) is 0 Å². The molecule has 0 aliphatic heterocycles. The highest BCUT2D eigenvalue weighted by molar-refractivity contribution is 5.77. The molecule has 82 valence electrons. The number of aliphatic hydroxyl groups is 2. The largest absolute Gasteiger partial charge is 0.478 e. The van der Waals surface area contributed by atoms with Gasteiger partial charge in [-0.05, 0) is 6.42 Å². The molecule has 0 aromatic rings. The first-order valence-corrected chi connectivity index (χ1v) is 3.76. The lowest BCUT2D eigenvalue weighted by Gasteiger charge is -2.23. The van der Waals surface area contributed by atoms with E-state index in [0.717, 1.165) is 0 Å². The summed E-state index contributed by atoms with van der Waals surface area (Å²) in [6.07, 6.45) is -1.79. The lowest BCUT2D eigenvalue weighted by molar-refractivity contribution is -0.171. The summed E-state index contributed by atoms with van der Waals surface area (Å²) in [5.74, 6) is -1.90. The molecule has 2 atom stereocenters. The first-order chi connectivity index (χ1) is 6.28. The second kappa shape index (κ2) is 4.74. The van der Waals surface area contributed by atoms with E-state index in [4.69, 9.17) is 32.5 Å². The van der Waals surface area contributed by atoms with Gasteiger partial charge >= 0.3 is 5.97 Å². The molecule has 1 unspecified atom stereocenters. The minimum Gasteiger partial charge on any atom is -0.478 e. The van der Waals surface area contributed by atoms with Crippen molar-refractivity contribution in [1.29, 1.82) is 0 Å². The summed E-state index contributed by atoms with van der Waals surface area (Å²) in [5.41, 5.74) is 12.2. The monoisotopic (exact) mass is 206 g/mol. The average molecular weight is 206 g/mol. The summed E-state index contributed by atoms with van der Waals surface area (Å²) >= 11 is 0. The van der Waals surface area contributed by atoms with Crippen LogP contribution in [0.25, 0.3) is 0 Å². The molecule has 0 aliphatic carbocycles. The molecule has 0 rings (SSSR count). The molecule has 0 radical (unpaired) electrons. The van der Waals surface area contributed by atoms with Gasteiger partial charge in [-0.1, -0.05) is 0 Å². The lowest BCUT2D eigenvalue weighted by Crippen LogP contribution is -2.57. The Morgan fingerprint density at radius 1 is 1.50 bits per heavy atom. The zero-order chi connectivity index (χ0) is 11.4. The van der Waals surface area contributed by atoms with Crippen molar-refractivity contribution in [2.75, 3.05) is 6.54 Å². The van der Waals surface area contributed by atoms with E-state index in [1.165, 1.54) is 0 Å². The zero-order valence-corrected chi connectivity index (χ0v) is 7.42. The number of aliphatic imine (C=N–C) groups is 1. The Balaban J connectivity index is 4.15. The number of guanidine groups is 1. The fraction of sp³-hybridized carbons (Fsp3) is 0.667. The number of hydrogen-bond donors (Lipinski definition) is 6. The predicted molar refractivity (Wildman–Crippen MR) is 48.1 cm³/mol. The third kappa shape index (κ3) is 3.56. The highest BCUT2D eigenvalue weighted by Gasteiger charge is 2.38. The molecule has 0 aromatic heterocycles. The Hall–Kier alpha value is -1.38. The van der Waals surface area contributed by atoms with Gasteiger partial charge in [0.05, 0.1) is 0 Å². The highest BCUT2D eigenvalue weighted by atomic mass is 16.4. The number of carboxylic acids is 1. The van der Waals surface area contributed by atoms with Crippen molar-refractivity contribution in [2.45, 2.75) is 18.2 Å². The molecule has 9 N–H and O–H groups in total. The van der Waals surface area contributed by atoms with E-state index in [1.807, 2.05) is 0 Å². The number of aliphatic carboxylic acids is 1. The van der Waals surface area contributed by atoms with Gasteiger partial charge in [0.25, 0.3) is 0 Å². The van der Waals surface area contributed by atoms with Gasteiger partial charge in [-0.2, -0.15) is 0 Å². The third-order valence-corrected chi connectivity index (χ3v) is 1.55. The van der Waals surface area contributed by atoms with Crippen molar-refractivity contribution in [3.63, 3.8) is 0 Å². The van der Waals surface area contributed by atoms with Gasteiger partial charge in [0.15, 0.2) is 5.96 Å². The number of carboxylic acid groups (broad SMARTS) is 1. The van der Waals surface area contributed by atoms with Crippen molar-refractivity contribution in [3.05, 3.63) is 0 Å². The van der Waals surface area contributed by atoms with Gasteiger partial charge in [0.1, 0.15) is 6.10 Å². The fourth-order valence-electron chi connectivity index (χ4n) is 0.679. The molecule has 14 heavy (non-hydrogen) atoms. The zero-order valence-electron chi connectivity index (χ0n) is 7.42. The van der Waals surface area contributed by atoms with Crippen molar-refractivity contribution >= 4 is 11.9 Å². The van der Waals surface area contributed by atoms with Gasteiger partial charge in [0.2, 0.25) is 5.72 Å². The molecule has 0 fully saturated rings. The van der Waals surface area contributed by atoms with Gasteiger partial charge in [-0.25, -0.2) is 4.79 Å². The van der Waals surface area contributed by atoms with Crippen LogP contribution in [0.5, 0.6) is 0 Å². The number of nitrogens with zero attached hydrogens (tertiary/aromatic N) is 1. The van der Waals surface area contributed by atoms with Crippen LogP contribution in [0.2, 0.25) is 0 Å². The molecule has 0 aliphatic rings. The molecule has 8 heteroatoms. The van der Waals surface area contributed by atoms with Crippen LogP contribution in [-0.4, -0.2) is 45.6 Å². The van der Waals surface area contributed by atoms with Gasteiger partial charge in [0, 0.05) is 6.54 Å². The fourth-order valence-corrected chi connectivity index (χ4v) is 0.679. The van der Waals surface area contributed by atoms with Crippen molar-refractivity contribution in [1.82, 2.24) is 0 Å². The Bertz CT molecular complexity index is 236.